The molecule has 0 saturated heterocycles. The van der Waals surface area contributed by atoms with Gasteiger partial charge >= 0.3 is 0 Å². The Morgan fingerprint density at radius 2 is 1.27 bits per heavy atom. The van der Waals surface area contributed by atoms with E-state index in [-0.39, 0.29) is 5.82 Å². The van der Waals surface area contributed by atoms with E-state index in [0.29, 0.717) is 0 Å². The van der Waals surface area contributed by atoms with E-state index >= 15 is 0 Å². The van der Waals surface area contributed by atoms with Gasteiger partial charge < -0.3 is 0 Å². The van der Waals surface area contributed by atoms with E-state index in [9.17, 15) is 4.39 Å². The van der Waals surface area contributed by atoms with Gasteiger partial charge in [-0.3, -0.25) is 0 Å². The molecule has 160 valence electrons. The second-order valence-corrected chi connectivity index (χ2v) is 9.74. The standard InChI is InChI=1S/C29H37F/c1-2-3-4-5-22-6-8-23(9-7-22)24-10-12-25(13-11-24)26-14-16-27(17-15-26)28-18-20-29(30)21-19-28/h2,14-25H,1,3-13H2/t22-,23-,24?,25?. The van der Waals surface area contributed by atoms with Crippen LogP contribution < -0.4 is 0 Å². The van der Waals surface area contributed by atoms with Gasteiger partial charge in [-0.05, 0) is 104 Å². The lowest BCUT2D eigenvalue weighted by Crippen LogP contribution is -2.25. The quantitative estimate of drug-likeness (QED) is 0.319. The average Bonchev–Trinajstić information content (AvgIpc) is 2.81. The molecule has 0 unspecified atom stereocenters. The molecule has 0 spiro atoms. The Kier molecular flexibility index (Phi) is 7.42. The Hall–Kier alpha value is -1.89. The van der Waals surface area contributed by atoms with Gasteiger partial charge in [0.05, 0.1) is 0 Å². The van der Waals surface area contributed by atoms with Crippen molar-refractivity contribution in [1.29, 1.82) is 0 Å². The third-order valence-corrected chi connectivity index (χ3v) is 7.91. The summed E-state index contributed by atoms with van der Waals surface area (Å²) in [5, 5.41) is 0. The van der Waals surface area contributed by atoms with Crippen LogP contribution in [0, 0.1) is 23.6 Å². The minimum atomic E-state index is -0.173. The van der Waals surface area contributed by atoms with E-state index in [0.717, 1.165) is 29.2 Å². The van der Waals surface area contributed by atoms with Crippen molar-refractivity contribution in [2.45, 2.75) is 76.5 Å². The van der Waals surface area contributed by atoms with Gasteiger partial charge in [-0.25, -0.2) is 4.39 Å². The van der Waals surface area contributed by atoms with E-state index in [1.165, 1.54) is 81.8 Å². The van der Waals surface area contributed by atoms with Crippen LogP contribution in [0.1, 0.15) is 82.1 Å². The Morgan fingerprint density at radius 3 is 1.83 bits per heavy atom. The summed E-state index contributed by atoms with van der Waals surface area (Å²) in [7, 11) is 0. The summed E-state index contributed by atoms with van der Waals surface area (Å²) in [5.41, 5.74) is 3.76. The van der Waals surface area contributed by atoms with Crippen molar-refractivity contribution in [3.8, 4) is 11.1 Å². The molecule has 2 aromatic carbocycles. The summed E-state index contributed by atoms with van der Waals surface area (Å²) < 4.78 is 13.2. The normalized spacial score (nSPS) is 27.0. The Labute approximate surface area is 182 Å². The summed E-state index contributed by atoms with van der Waals surface area (Å²) >= 11 is 0. The summed E-state index contributed by atoms with van der Waals surface area (Å²) in [6.45, 7) is 3.85. The largest absolute Gasteiger partial charge is 0.207 e. The first-order chi connectivity index (χ1) is 14.7. The first-order valence-electron chi connectivity index (χ1n) is 12.2. The van der Waals surface area contributed by atoms with E-state index in [1.807, 2.05) is 12.1 Å². The third kappa shape index (κ3) is 5.42. The second-order valence-electron chi connectivity index (χ2n) is 9.74. The van der Waals surface area contributed by atoms with Gasteiger partial charge in [-0.15, -0.1) is 6.58 Å². The maximum Gasteiger partial charge on any atom is 0.123 e. The highest BCUT2D eigenvalue weighted by Crippen LogP contribution is 2.44. The summed E-state index contributed by atoms with van der Waals surface area (Å²) in [4.78, 5) is 0. The summed E-state index contributed by atoms with van der Waals surface area (Å²) in [6, 6.07) is 15.8. The van der Waals surface area contributed by atoms with Gasteiger partial charge in [0, 0.05) is 0 Å². The van der Waals surface area contributed by atoms with E-state index in [1.54, 1.807) is 12.1 Å². The van der Waals surface area contributed by atoms with Gasteiger partial charge in [-0.2, -0.15) is 0 Å². The molecule has 0 nitrogen and oxygen atoms in total. The molecule has 0 heterocycles. The highest BCUT2D eigenvalue weighted by Gasteiger charge is 2.31. The number of hydrogen-bond donors (Lipinski definition) is 0. The molecule has 1 heteroatoms. The Bertz CT molecular complexity index is 772. The van der Waals surface area contributed by atoms with E-state index in [2.05, 4.69) is 36.9 Å². The molecular formula is C29H37F. The maximum atomic E-state index is 13.2. The van der Waals surface area contributed by atoms with Gasteiger partial charge in [0.15, 0.2) is 0 Å². The first-order valence-corrected chi connectivity index (χ1v) is 12.2. The molecule has 0 radical (unpaired) electrons. The number of halogens is 1. The topological polar surface area (TPSA) is 0 Å². The monoisotopic (exact) mass is 404 g/mol. The lowest BCUT2D eigenvalue weighted by molar-refractivity contribution is 0.156. The van der Waals surface area contributed by atoms with Crippen molar-refractivity contribution in [2.24, 2.45) is 17.8 Å². The van der Waals surface area contributed by atoms with Crippen LogP contribution in [0.15, 0.2) is 61.2 Å². The predicted molar refractivity (Wildman–Crippen MR) is 126 cm³/mol. The van der Waals surface area contributed by atoms with Crippen LogP contribution in [0.3, 0.4) is 0 Å². The fraction of sp³-hybridized carbons (Fsp3) is 0.517. The molecule has 0 aromatic heterocycles. The molecule has 0 aliphatic heterocycles. The predicted octanol–water partition coefficient (Wildman–Crippen LogP) is 8.93. The van der Waals surface area contributed by atoms with Gasteiger partial charge in [-0.1, -0.05) is 61.7 Å². The Morgan fingerprint density at radius 1 is 0.733 bits per heavy atom. The number of unbranched alkanes of at least 4 members (excludes halogenated alkanes) is 1. The summed E-state index contributed by atoms with van der Waals surface area (Å²) in [5.74, 6) is 3.49. The lowest BCUT2D eigenvalue weighted by atomic mass is 9.68. The third-order valence-electron chi connectivity index (χ3n) is 7.91. The minimum absolute atomic E-state index is 0.173. The van der Waals surface area contributed by atoms with Crippen molar-refractivity contribution in [3.05, 3.63) is 72.6 Å². The molecule has 2 aromatic rings. The fourth-order valence-corrected chi connectivity index (χ4v) is 6.01. The van der Waals surface area contributed by atoms with Crippen LogP contribution in [0.25, 0.3) is 11.1 Å². The molecule has 0 atom stereocenters. The van der Waals surface area contributed by atoms with E-state index < -0.39 is 0 Å². The molecule has 2 aliphatic carbocycles. The molecule has 2 aliphatic rings. The van der Waals surface area contributed by atoms with Gasteiger partial charge in [0.25, 0.3) is 0 Å². The molecule has 0 N–H and O–H groups in total. The lowest BCUT2D eigenvalue weighted by Gasteiger charge is -2.38. The molecule has 4 rings (SSSR count). The van der Waals surface area contributed by atoms with Crippen molar-refractivity contribution >= 4 is 0 Å². The Balaban J connectivity index is 1.25. The van der Waals surface area contributed by atoms with Crippen LogP contribution in [0.4, 0.5) is 4.39 Å². The van der Waals surface area contributed by atoms with Gasteiger partial charge in [0.2, 0.25) is 0 Å². The number of allylic oxidation sites excluding steroid dienone is 1. The molecule has 0 bridgehead atoms. The number of benzene rings is 2. The van der Waals surface area contributed by atoms with Crippen LogP contribution in [0.5, 0.6) is 0 Å². The molecule has 2 saturated carbocycles. The van der Waals surface area contributed by atoms with Crippen LogP contribution in [-0.4, -0.2) is 0 Å². The SMILES string of the molecule is C=CCCC[C@H]1CC[C@H](C2CCC(c3ccc(-c4ccc(F)cc4)cc3)CC2)CC1. The first kappa shape index (κ1) is 21.3. The highest BCUT2D eigenvalue weighted by atomic mass is 19.1. The van der Waals surface area contributed by atoms with Crippen molar-refractivity contribution in [2.75, 3.05) is 0 Å². The smallest absolute Gasteiger partial charge is 0.123 e. The zero-order chi connectivity index (χ0) is 20.8. The van der Waals surface area contributed by atoms with Crippen LogP contribution in [-0.2, 0) is 0 Å². The summed E-state index contributed by atoms with van der Waals surface area (Å²) in [6.07, 6.45) is 17.4. The molecule has 0 amide bonds. The van der Waals surface area contributed by atoms with Crippen LogP contribution in [0.2, 0.25) is 0 Å². The number of rotatable bonds is 7. The van der Waals surface area contributed by atoms with Gasteiger partial charge in [0.1, 0.15) is 5.82 Å². The average molecular weight is 405 g/mol. The minimum Gasteiger partial charge on any atom is -0.207 e. The second kappa shape index (κ2) is 10.4. The van der Waals surface area contributed by atoms with Crippen molar-refractivity contribution < 1.29 is 4.39 Å². The maximum absolute atomic E-state index is 13.2. The molecular weight excluding hydrogens is 367 g/mol. The number of hydrogen-bond acceptors (Lipinski definition) is 0. The highest BCUT2D eigenvalue weighted by molar-refractivity contribution is 5.63. The van der Waals surface area contributed by atoms with Crippen molar-refractivity contribution in [1.82, 2.24) is 0 Å². The molecule has 2 fully saturated rings. The van der Waals surface area contributed by atoms with Crippen molar-refractivity contribution in [3.63, 3.8) is 0 Å². The zero-order valence-electron chi connectivity index (χ0n) is 18.4. The fourth-order valence-electron chi connectivity index (χ4n) is 6.01. The van der Waals surface area contributed by atoms with Crippen LogP contribution >= 0.6 is 0 Å². The zero-order valence-corrected chi connectivity index (χ0v) is 18.4. The molecule has 30 heavy (non-hydrogen) atoms. The van der Waals surface area contributed by atoms with E-state index in [4.69, 9.17) is 0 Å².